The van der Waals surface area contributed by atoms with E-state index in [4.69, 9.17) is 0 Å². The molecule has 0 atom stereocenters. The summed E-state index contributed by atoms with van der Waals surface area (Å²) in [6.45, 7) is 6.57. The van der Waals surface area contributed by atoms with Crippen LogP contribution in [0.5, 0.6) is 0 Å². The number of carbonyl (C=O) groups excluding carboxylic acids is 1. The van der Waals surface area contributed by atoms with Crippen LogP contribution < -0.4 is 0 Å². The number of imidazole rings is 1. The third-order valence-electron chi connectivity index (χ3n) is 2.00. The number of isocyanates is 1. The van der Waals surface area contributed by atoms with Crippen molar-refractivity contribution < 1.29 is 4.79 Å². The molecule has 0 aromatic carbocycles. The van der Waals surface area contributed by atoms with Gasteiger partial charge in [0.25, 0.3) is 0 Å². The fourth-order valence-corrected chi connectivity index (χ4v) is 1.25. The predicted molar refractivity (Wildman–Crippen MR) is 49.0 cm³/mol. The molecule has 0 bridgehead atoms. The molecule has 4 nitrogen and oxygen atoms in total. The first-order valence-corrected chi connectivity index (χ1v) is 4.21. The van der Waals surface area contributed by atoms with E-state index in [0.717, 1.165) is 12.2 Å². The zero-order valence-corrected chi connectivity index (χ0v) is 8.11. The SMILES string of the molecule is CCn1cncc1C(C)(C)N=C=O. The first kappa shape index (κ1) is 9.68. The molecule has 1 heterocycles. The second-order valence-electron chi connectivity index (χ2n) is 3.33. The molecule has 4 heteroatoms. The molecule has 0 N–H and O–H groups in total. The van der Waals surface area contributed by atoms with Crippen molar-refractivity contribution in [3.05, 3.63) is 18.2 Å². The molecular formula is C9H13N3O. The molecule has 0 radical (unpaired) electrons. The van der Waals surface area contributed by atoms with Crippen molar-refractivity contribution in [3.63, 3.8) is 0 Å². The van der Waals surface area contributed by atoms with E-state index < -0.39 is 5.54 Å². The lowest BCUT2D eigenvalue weighted by Crippen LogP contribution is -2.18. The van der Waals surface area contributed by atoms with Crippen molar-refractivity contribution in [1.29, 1.82) is 0 Å². The van der Waals surface area contributed by atoms with Crippen molar-refractivity contribution in [2.75, 3.05) is 0 Å². The van der Waals surface area contributed by atoms with Gasteiger partial charge in [-0.15, -0.1) is 0 Å². The average molecular weight is 179 g/mol. The van der Waals surface area contributed by atoms with Crippen molar-refractivity contribution in [2.24, 2.45) is 4.99 Å². The Kier molecular flexibility index (Phi) is 2.63. The minimum Gasteiger partial charge on any atom is -0.333 e. The van der Waals surface area contributed by atoms with Crippen LogP contribution >= 0.6 is 0 Å². The molecule has 70 valence electrons. The maximum Gasteiger partial charge on any atom is 0.235 e. The van der Waals surface area contributed by atoms with E-state index in [1.54, 1.807) is 18.6 Å². The summed E-state index contributed by atoms with van der Waals surface area (Å²) in [6.07, 6.45) is 5.04. The van der Waals surface area contributed by atoms with Crippen molar-refractivity contribution in [1.82, 2.24) is 9.55 Å². The highest BCUT2D eigenvalue weighted by Crippen LogP contribution is 2.23. The van der Waals surface area contributed by atoms with Crippen LogP contribution in [0.15, 0.2) is 17.5 Å². The number of aliphatic imine (C=N–C) groups is 1. The fraction of sp³-hybridized carbons (Fsp3) is 0.556. The number of hydrogen-bond donors (Lipinski definition) is 0. The van der Waals surface area contributed by atoms with E-state index in [1.165, 1.54) is 0 Å². The highest BCUT2D eigenvalue weighted by molar-refractivity contribution is 5.36. The molecule has 0 aliphatic carbocycles. The Labute approximate surface area is 77.3 Å². The van der Waals surface area contributed by atoms with E-state index in [-0.39, 0.29) is 0 Å². The van der Waals surface area contributed by atoms with Gasteiger partial charge in [0.05, 0.1) is 18.2 Å². The summed E-state index contributed by atoms with van der Waals surface area (Å²) < 4.78 is 1.96. The van der Waals surface area contributed by atoms with E-state index >= 15 is 0 Å². The third kappa shape index (κ3) is 1.84. The van der Waals surface area contributed by atoms with Gasteiger partial charge in [-0.25, -0.2) is 9.78 Å². The highest BCUT2D eigenvalue weighted by atomic mass is 16.1. The molecule has 0 unspecified atom stereocenters. The Morgan fingerprint density at radius 3 is 2.92 bits per heavy atom. The molecule has 0 saturated heterocycles. The first-order valence-electron chi connectivity index (χ1n) is 4.21. The number of nitrogens with zero attached hydrogens (tertiary/aromatic N) is 3. The summed E-state index contributed by atoms with van der Waals surface area (Å²) >= 11 is 0. The van der Waals surface area contributed by atoms with E-state index in [9.17, 15) is 4.79 Å². The topological polar surface area (TPSA) is 47.2 Å². The Morgan fingerprint density at radius 2 is 2.38 bits per heavy atom. The molecular weight excluding hydrogens is 166 g/mol. The highest BCUT2D eigenvalue weighted by Gasteiger charge is 2.22. The smallest absolute Gasteiger partial charge is 0.235 e. The summed E-state index contributed by atoms with van der Waals surface area (Å²) in [7, 11) is 0. The van der Waals surface area contributed by atoms with Crippen LogP contribution in [0.4, 0.5) is 0 Å². The lowest BCUT2D eigenvalue weighted by atomic mass is 10.0. The second kappa shape index (κ2) is 3.54. The van der Waals surface area contributed by atoms with Gasteiger partial charge in [0.1, 0.15) is 5.54 Å². The molecule has 0 aliphatic heterocycles. The quantitative estimate of drug-likeness (QED) is 0.521. The zero-order valence-electron chi connectivity index (χ0n) is 8.11. The van der Waals surface area contributed by atoms with Crippen LogP contribution in [-0.2, 0) is 16.9 Å². The maximum atomic E-state index is 10.2. The summed E-state index contributed by atoms with van der Waals surface area (Å²) in [5.74, 6) is 0. The lowest BCUT2D eigenvalue weighted by molar-refractivity contribution is 0.488. The van der Waals surface area contributed by atoms with Gasteiger partial charge in [0.2, 0.25) is 6.08 Å². The molecule has 1 aromatic heterocycles. The van der Waals surface area contributed by atoms with Gasteiger partial charge in [-0.05, 0) is 20.8 Å². The van der Waals surface area contributed by atoms with E-state index in [1.807, 2.05) is 25.3 Å². The largest absolute Gasteiger partial charge is 0.333 e. The van der Waals surface area contributed by atoms with Gasteiger partial charge in [-0.3, -0.25) is 0 Å². The lowest BCUT2D eigenvalue weighted by Gasteiger charge is -2.18. The number of hydrogen-bond acceptors (Lipinski definition) is 3. The van der Waals surface area contributed by atoms with E-state index in [0.29, 0.717) is 0 Å². The van der Waals surface area contributed by atoms with Crippen molar-refractivity contribution in [2.45, 2.75) is 32.9 Å². The minimum atomic E-state index is -0.533. The van der Waals surface area contributed by atoms with Crippen LogP contribution in [0, 0.1) is 0 Å². The molecule has 13 heavy (non-hydrogen) atoms. The number of rotatable bonds is 3. The first-order chi connectivity index (χ1) is 6.11. The minimum absolute atomic E-state index is 0.533. The van der Waals surface area contributed by atoms with Gasteiger partial charge >= 0.3 is 0 Å². The summed E-state index contributed by atoms with van der Waals surface area (Å²) in [6, 6.07) is 0. The molecule has 1 aromatic rings. The normalized spacial score (nSPS) is 11.0. The maximum absolute atomic E-state index is 10.2. The van der Waals surface area contributed by atoms with Gasteiger partial charge in [-0.2, -0.15) is 4.99 Å². The predicted octanol–water partition coefficient (Wildman–Crippen LogP) is 1.47. The third-order valence-corrected chi connectivity index (χ3v) is 2.00. The number of aromatic nitrogens is 2. The summed E-state index contributed by atoms with van der Waals surface area (Å²) in [4.78, 5) is 17.9. The average Bonchev–Trinajstić information content (AvgIpc) is 2.51. The summed E-state index contributed by atoms with van der Waals surface area (Å²) in [5, 5.41) is 0. The molecule has 0 amide bonds. The van der Waals surface area contributed by atoms with Crippen molar-refractivity contribution >= 4 is 6.08 Å². The Hall–Kier alpha value is -1.41. The molecule has 0 spiro atoms. The van der Waals surface area contributed by atoms with Gasteiger partial charge in [0.15, 0.2) is 0 Å². The van der Waals surface area contributed by atoms with Crippen LogP contribution in [0.3, 0.4) is 0 Å². The van der Waals surface area contributed by atoms with E-state index in [2.05, 4.69) is 9.98 Å². The van der Waals surface area contributed by atoms with Gasteiger partial charge < -0.3 is 4.57 Å². The van der Waals surface area contributed by atoms with Crippen LogP contribution in [-0.4, -0.2) is 15.6 Å². The van der Waals surface area contributed by atoms with Gasteiger partial charge in [0, 0.05) is 6.54 Å². The molecule has 0 fully saturated rings. The molecule has 0 aliphatic rings. The second-order valence-corrected chi connectivity index (χ2v) is 3.33. The fourth-order valence-electron chi connectivity index (χ4n) is 1.25. The van der Waals surface area contributed by atoms with Crippen LogP contribution in [0.1, 0.15) is 26.5 Å². The van der Waals surface area contributed by atoms with Crippen LogP contribution in [0.2, 0.25) is 0 Å². The number of aryl methyl sites for hydroxylation is 1. The monoisotopic (exact) mass is 179 g/mol. The Morgan fingerprint density at radius 1 is 1.69 bits per heavy atom. The van der Waals surface area contributed by atoms with Crippen LogP contribution in [0.25, 0.3) is 0 Å². The molecule has 1 rings (SSSR count). The van der Waals surface area contributed by atoms with Gasteiger partial charge in [-0.1, -0.05) is 0 Å². The standard InChI is InChI=1S/C9H13N3O/c1-4-12-6-10-5-8(12)9(2,3)11-7-13/h5-6H,4H2,1-3H3. The summed E-state index contributed by atoms with van der Waals surface area (Å²) in [5.41, 5.74) is 0.396. The Balaban J connectivity index is 3.12. The van der Waals surface area contributed by atoms with Crippen molar-refractivity contribution in [3.8, 4) is 0 Å². The molecule has 0 saturated carbocycles. The Bertz CT molecular complexity index is 334. The zero-order chi connectivity index (χ0) is 9.90.